The third-order valence-electron chi connectivity index (χ3n) is 6.53. The Bertz CT molecular complexity index is 1380. The number of nitrogens with one attached hydrogen (secondary N) is 2. The molecule has 42 heavy (non-hydrogen) atoms. The summed E-state index contributed by atoms with van der Waals surface area (Å²) in [5.74, 6) is 2.67. The maximum Gasteiger partial charge on any atom is 0.225 e. The van der Waals surface area contributed by atoms with Crippen LogP contribution in [0.25, 0.3) is 22.3 Å². The van der Waals surface area contributed by atoms with Crippen molar-refractivity contribution in [1.29, 1.82) is 0 Å². The third-order valence-corrected chi connectivity index (χ3v) is 6.53. The minimum absolute atomic E-state index is 0.160. The Morgan fingerprint density at radius 2 is 1.95 bits per heavy atom. The number of allylic oxidation sites excluding steroid dienone is 1. The van der Waals surface area contributed by atoms with Gasteiger partial charge in [0.1, 0.15) is 17.3 Å². The summed E-state index contributed by atoms with van der Waals surface area (Å²) < 4.78 is 16.6. The number of furan rings is 1. The zero-order valence-electron chi connectivity index (χ0n) is 26.4. The summed E-state index contributed by atoms with van der Waals surface area (Å²) in [6.07, 6.45) is 11.3. The molecule has 0 amide bonds. The molecule has 3 heterocycles. The first-order chi connectivity index (χ1) is 20.5. The number of aliphatic hydroxyl groups is 1. The number of hydrogen-bond donors (Lipinski definition) is 3. The van der Waals surface area contributed by atoms with Crippen molar-refractivity contribution in [3.05, 3.63) is 71.3 Å². The molecule has 0 saturated heterocycles. The average Bonchev–Trinajstić information content (AvgIpc) is 3.43. The molecule has 3 aromatic heterocycles. The average molecular weight is 578 g/mol. The van der Waals surface area contributed by atoms with Gasteiger partial charge in [-0.15, -0.1) is 5.73 Å². The number of aromatic nitrogens is 3. The van der Waals surface area contributed by atoms with Crippen molar-refractivity contribution in [2.75, 3.05) is 44.5 Å². The van der Waals surface area contributed by atoms with E-state index in [0.717, 1.165) is 52.8 Å². The predicted molar refractivity (Wildman–Crippen MR) is 171 cm³/mol. The van der Waals surface area contributed by atoms with Gasteiger partial charge in [0, 0.05) is 35.9 Å². The lowest BCUT2D eigenvalue weighted by molar-refractivity contribution is 0.217. The molecule has 0 bridgehead atoms. The van der Waals surface area contributed by atoms with E-state index < -0.39 is 0 Å². The van der Waals surface area contributed by atoms with Gasteiger partial charge in [0.25, 0.3) is 0 Å². The van der Waals surface area contributed by atoms with Gasteiger partial charge in [0.2, 0.25) is 5.95 Å². The summed E-state index contributed by atoms with van der Waals surface area (Å²) in [7, 11) is 3.19. The fraction of sp³-hybridized carbons (Fsp3) is 0.455. The highest BCUT2D eigenvalue weighted by molar-refractivity contribution is 5.86. The number of fused-ring (bicyclic) bond motifs is 1. The van der Waals surface area contributed by atoms with Gasteiger partial charge in [0.05, 0.1) is 44.5 Å². The summed E-state index contributed by atoms with van der Waals surface area (Å²) >= 11 is 0. The van der Waals surface area contributed by atoms with Crippen LogP contribution >= 0.6 is 0 Å². The molecule has 1 atom stereocenters. The molecule has 0 aliphatic rings. The SMILES string of the molecule is CC.CC=C=C(/C=C(\C=C\OC)OC)CNc1nc(C)c(-c2cc3cc(CC)ncc3o2)c(NCCC(CC)CO)n1. The predicted octanol–water partition coefficient (Wildman–Crippen LogP) is 7.21. The second-order valence-electron chi connectivity index (χ2n) is 9.31. The first kappa shape index (κ1) is 34.1. The molecular weight excluding hydrogens is 530 g/mol. The number of aryl methyl sites for hydroxylation is 2. The second kappa shape index (κ2) is 18.4. The molecular formula is C33H47N5O4. The van der Waals surface area contributed by atoms with Gasteiger partial charge in [-0.3, -0.25) is 4.98 Å². The number of hydrogen-bond acceptors (Lipinski definition) is 9. The van der Waals surface area contributed by atoms with Crippen LogP contribution in [0.2, 0.25) is 0 Å². The van der Waals surface area contributed by atoms with Gasteiger partial charge < -0.3 is 29.6 Å². The molecule has 9 heteroatoms. The van der Waals surface area contributed by atoms with E-state index in [9.17, 15) is 5.11 Å². The minimum atomic E-state index is 0.160. The Morgan fingerprint density at radius 1 is 1.17 bits per heavy atom. The molecule has 0 spiro atoms. The number of rotatable bonds is 15. The van der Waals surface area contributed by atoms with Crippen LogP contribution < -0.4 is 10.6 Å². The lowest BCUT2D eigenvalue weighted by Crippen LogP contribution is -2.15. The fourth-order valence-corrected chi connectivity index (χ4v) is 4.19. The van der Waals surface area contributed by atoms with Gasteiger partial charge >= 0.3 is 0 Å². The van der Waals surface area contributed by atoms with Crippen LogP contribution in [0.1, 0.15) is 58.8 Å². The maximum absolute atomic E-state index is 9.64. The van der Waals surface area contributed by atoms with Crippen LogP contribution in [0.5, 0.6) is 0 Å². The van der Waals surface area contributed by atoms with E-state index >= 15 is 0 Å². The summed E-state index contributed by atoms with van der Waals surface area (Å²) in [6.45, 7) is 13.3. The number of aliphatic hydroxyl groups excluding tert-OH is 1. The van der Waals surface area contributed by atoms with Gasteiger partial charge in [0.15, 0.2) is 5.58 Å². The molecule has 9 nitrogen and oxygen atoms in total. The van der Waals surface area contributed by atoms with Gasteiger partial charge in [-0.25, -0.2) is 4.98 Å². The standard InChI is InChI=1S/C31H41N5O4.C2H6/c1-7-10-23(15-26(39-6)12-14-38-5)18-34-31-35-21(4)29(30(36-31)32-13-11-22(8-2)20-37)27-17-24-16-25(9-3)33-19-28(24)40-27;1-2/h7,12,14-17,19,22,37H,8-9,11,13,18,20H2,1-6H3,(H2,32,34,35,36);1-2H3/b14-12+,26-15+;. The van der Waals surface area contributed by atoms with Crippen molar-refractivity contribution in [2.24, 2.45) is 5.92 Å². The van der Waals surface area contributed by atoms with Crippen LogP contribution in [0.4, 0.5) is 11.8 Å². The lowest BCUT2D eigenvalue weighted by atomic mass is 10.0. The molecule has 3 rings (SSSR count). The van der Waals surface area contributed by atoms with Crippen molar-refractivity contribution >= 4 is 22.7 Å². The van der Waals surface area contributed by atoms with Crippen LogP contribution in [-0.2, 0) is 15.9 Å². The summed E-state index contributed by atoms with van der Waals surface area (Å²) in [4.78, 5) is 14.1. The van der Waals surface area contributed by atoms with Crippen molar-refractivity contribution in [2.45, 2.75) is 60.8 Å². The molecule has 0 aromatic carbocycles. The Labute approximate surface area is 250 Å². The van der Waals surface area contributed by atoms with Crippen molar-refractivity contribution in [3.8, 4) is 11.3 Å². The van der Waals surface area contributed by atoms with E-state index in [0.29, 0.717) is 36.4 Å². The second-order valence-corrected chi connectivity index (χ2v) is 9.31. The molecule has 0 radical (unpaired) electrons. The molecule has 3 aromatic rings. The van der Waals surface area contributed by atoms with Crippen molar-refractivity contribution in [3.63, 3.8) is 0 Å². The smallest absolute Gasteiger partial charge is 0.225 e. The molecule has 1 unspecified atom stereocenters. The highest BCUT2D eigenvalue weighted by atomic mass is 16.5. The minimum Gasteiger partial charge on any atom is -0.504 e. The summed E-state index contributed by atoms with van der Waals surface area (Å²) in [5.41, 5.74) is 7.37. The number of pyridine rings is 1. The van der Waals surface area contributed by atoms with Crippen LogP contribution in [0, 0.1) is 12.8 Å². The number of ether oxygens (including phenoxy) is 2. The van der Waals surface area contributed by atoms with Crippen LogP contribution in [-0.4, -0.2) is 54.0 Å². The van der Waals surface area contributed by atoms with Gasteiger partial charge in [-0.05, 0) is 56.9 Å². The first-order valence-electron chi connectivity index (χ1n) is 14.7. The Morgan fingerprint density at radius 3 is 2.60 bits per heavy atom. The quantitative estimate of drug-likeness (QED) is 0.0979. The monoisotopic (exact) mass is 577 g/mol. The number of methoxy groups -OCH3 is 2. The normalized spacial score (nSPS) is 11.9. The van der Waals surface area contributed by atoms with Crippen molar-refractivity contribution < 1.29 is 19.0 Å². The molecule has 0 aliphatic heterocycles. The Kier molecular flexibility index (Phi) is 14.9. The highest BCUT2D eigenvalue weighted by Gasteiger charge is 2.19. The first-order valence-corrected chi connectivity index (χ1v) is 14.7. The largest absolute Gasteiger partial charge is 0.504 e. The zero-order valence-corrected chi connectivity index (χ0v) is 26.4. The van der Waals surface area contributed by atoms with Crippen molar-refractivity contribution in [1.82, 2.24) is 15.0 Å². The Balaban J connectivity index is 0.00000301. The molecule has 0 aliphatic carbocycles. The van der Waals surface area contributed by atoms with Gasteiger partial charge in [-0.1, -0.05) is 34.1 Å². The topological polar surface area (TPSA) is 115 Å². The van der Waals surface area contributed by atoms with E-state index in [4.69, 9.17) is 23.9 Å². The van der Waals surface area contributed by atoms with E-state index in [1.165, 1.54) is 0 Å². The molecule has 0 saturated carbocycles. The number of anilines is 2. The van der Waals surface area contributed by atoms with E-state index in [1.807, 2.05) is 52.0 Å². The molecule has 228 valence electrons. The molecule has 0 fully saturated rings. The summed E-state index contributed by atoms with van der Waals surface area (Å²) in [5, 5.41) is 17.4. The van der Waals surface area contributed by atoms with Gasteiger partial charge in [-0.2, -0.15) is 4.98 Å². The maximum atomic E-state index is 9.64. The summed E-state index contributed by atoms with van der Waals surface area (Å²) in [6, 6.07) is 4.06. The highest BCUT2D eigenvalue weighted by Crippen LogP contribution is 2.34. The van der Waals surface area contributed by atoms with E-state index in [1.54, 1.807) is 32.8 Å². The number of nitrogens with zero attached hydrogens (tertiary/aromatic N) is 3. The lowest BCUT2D eigenvalue weighted by Gasteiger charge is -2.16. The Hall–Kier alpha value is -4.07. The zero-order chi connectivity index (χ0) is 30.9. The molecule has 3 N–H and O–H groups in total. The van der Waals surface area contributed by atoms with E-state index in [2.05, 4.69) is 35.2 Å². The fourth-order valence-electron chi connectivity index (χ4n) is 4.19. The van der Waals surface area contributed by atoms with E-state index in [-0.39, 0.29) is 12.5 Å². The third kappa shape index (κ3) is 9.79. The van der Waals surface area contributed by atoms with Crippen LogP contribution in [0.3, 0.4) is 0 Å². The van der Waals surface area contributed by atoms with Crippen LogP contribution in [0.15, 0.2) is 64.3 Å².